The first-order chi connectivity index (χ1) is 12.9. The zero-order chi connectivity index (χ0) is 19.3. The third-order valence-electron chi connectivity index (χ3n) is 6.21. The number of carbonyl (C=O) groups excluding carboxylic acids is 1. The van der Waals surface area contributed by atoms with Crippen LogP contribution < -0.4 is 5.32 Å². The summed E-state index contributed by atoms with van der Waals surface area (Å²) in [6, 6.07) is 5.28. The molecule has 3 atom stereocenters. The van der Waals surface area contributed by atoms with Crippen LogP contribution in [0.3, 0.4) is 0 Å². The number of hydrogen-bond donors (Lipinski definition) is 2. The van der Waals surface area contributed by atoms with Gasteiger partial charge in [0.15, 0.2) is 0 Å². The number of benzene rings is 1. The zero-order valence-electron chi connectivity index (χ0n) is 16.0. The molecule has 1 aliphatic carbocycles. The SMILES string of the molecule is CCN(CC)C(=O)N[C@H]1C[C@@H]2c3cc(I)cc4[nH]c(Br)c(c34)C[C@H]2N(C)C1. The standard InChI is InChI=1S/C20H26BrIN4O/c1-4-26(5-2)20(27)23-12-8-13-14-6-11(22)7-16-18(14)15(19(21)24-16)9-17(13)25(3)10-12/h6-7,12-13,17,24H,4-5,8-10H2,1-3H3,(H,23,27)/t12-,13+,17+/m0/s1. The Hall–Kier alpha value is -0.800. The maximum Gasteiger partial charge on any atom is 0.317 e. The second kappa shape index (κ2) is 7.55. The summed E-state index contributed by atoms with van der Waals surface area (Å²) in [4.78, 5) is 20.4. The molecule has 27 heavy (non-hydrogen) atoms. The van der Waals surface area contributed by atoms with Crippen LogP contribution in [0.5, 0.6) is 0 Å². The Morgan fingerprint density at radius 2 is 2.15 bits per heavy atom. The van der Waals surface area contributed by atoms with Crippen LogP contribution >= 0.6 is 38.5 Å². The molecular weight excluding hydrogens is 519 g/mol. The maximum absolute atomic E-state index is 12.6. The van der Waals surface area contributed by atoms with E-state index in [-0.39, 0.29) is 12.1 Å². The van der Waals surface area contributed by atoms with E-state index < -0.39 is 0 Å². The molecule has 0 bridgehead atoms. The van der Waals surface area contributed by atoms with E-state index in [0.717, 1.165) is 37.1 Å². The molecule has 0 saturated carbocycles. The van der Waals surface area contributed by atoms with Crippen LogP contribution in [-0.4, -0.2) is 59.6 Å². The summed E-state index contributed by atoms with van der Waals surface area (Å²) in [5, 5.41) is 4.67. The Morgan fingerprint density at radius 1 is 1.41 bits per heavy atom. The number of piperidine rings is 1. The topological polar surface area (TPSA) is 51.4 Å². The molecule has 2 N–H and O–H groups in total. The second-order valence-corrected chi connectivity index (χ2v) is 9.75. The first kappa shape index (κ1) is 19.5. The minimum atomic E-state index is 0.0607. The second-order valence-electron chi connectivity index (χ2n) is 7.71. The lowest BCUT2D eigenvalue weighted by Crippen LogP contribution is -2.56. The van der Waals surface area contributed by atoms with Gasteiger partial charge >= 0.3 is 6.03 Å². The number of fused-ring (bicyclic) bond motifs is 2. The van der Waals surface area contributed by atoms with Crippen molar-refractivity contribution in [1.29, 1.82) is 0 Å². The Morgan fingerprint density at radius 3 is 2.85 bits per heavy atom. The third-order valence-corrected chi connectivity index (χ3v) is 7.51. The Balaban J connectivity index is 1.66. The molecule has 2 aromatic rings. The van der Waals surface area contributed by atoms with Crippen LogP contribution in [-0.2, 0) is 6.42 Å². The normalized spacial score (nSPS) is 24.7. The molecule has 146 valence electrons. The fraction of sp³-hybridized carbons (Fsp3) is 0.550. The first-order valence-electron chi connectivity index (χ1n) is 9.68. The van der Waals surface area contributed by atoms with E-state index in [1.807, 2.05) is 18.7 Å². The van der Waals surface area contributed by atoms with Gasteiger partial charge in [-0.1, -0.05) is 0 Å². The molecule has 1 fully saturated rings. The highest BCUT2D eigenvalue weighted by Gasteiger charge is 2.41. The number of urea groups is 1. The van der Waals surface area contributed by atoms with Gasteiger partial charge in [-0.2, -0.15) is 0 Å². The number of halogens is 2. The molecule has 0 radical (unpaired) electrons. The Kier molecular flexibility index (Phi) is 5.46. The van der Waals surface area contributed by atoms with E-state index in [2.05, 4.69) is 72.9 Å². The molecule has 1 saturated heterocycles. The van der Waals surface area contributed by atoms with Crippen molar-refractivity contribution in [3.8, 4) is 0 Å². The molecule has 5 nitrogen and oxygen atoms in total. The van der Waals surface area contributed by atoms with Gasteiger partial charge in [0.2, 0.25) is 0 Å². The van der Waals surface area contributed by atoms with Gasteiger partial charge in [0, 0.05) is 52.1 Å². The van der Waals surface area contributed by atoms with Crippen molar-refractivity contribution >= 4 is 55.5 Å². The summed E-state index contributed by atoms with van der Waals surface area (Å²) in [7, 11) is 2.20. The van der Waals surface area contributed by atoms with Gasteiger partial charge in [-0.15, -0.1) is 0 Å². The van der Waals surface area contributed by atoms with Gasteiger partial charge in [0.25, 0.3) is 0 Å². The summed E-state index contributed by atoms with van der Waals surface area (Å²) in [5.41, 5.74) is 4.04. The summed E-state index contributed by atoms with van der Waals surface area (Å²) in [6.07, 6.45) is 2.05. The van der Waals surface area contributed by atoms with Crippen molar-refractivity contribution in [2.45, 2.75) is 44.7 Å². The van der Waals surface area contributed by atoms with Crippen molar-refractivity contribution in [2.24, 2.45) is 0 Å². The fourth-order valence-corrected chi connectivity index (χ4v) is 6.12. The quantitative estimate of drug-likeness (QED) is 0.566. The van der Waals surface area contributed by atoms with E-state index in [0.29, 0.717) is 12.0 Å². The van der Waals surface area contributed by atoms with Gasteiger partial charge in [0.1, 0.15) is 0 Å². The lowest BCUT2D eigenvalue weighted by Gasteiger charge is -2.46. The summed E-state index contributed by atoms with van der Waals surface area (Å²) >= 11 is 6.15. The van der Waals surface area contributed by atoms with Crippen LogP contribution in [0.4, 0.5) is 4.79 Å². The average Bonchev–Trinajstić information content (AvgIpc) is 2.93. The predicted molar refractivity (Wildman–Crippen MR) is 121 cm³/mol. The molecule has 0 unspecified atom stereocenters. The molecule has 2 heterocycles. The third kappa shape index (κ3) is 3.40. The fourth-order valence-electron chi connectivity index (χ4n) is 4.90. The van der Waals surface area contributed by atoms with Crippen molar-refractivity contribution < 1.29 is 4.79 Å². The largest absolute Gasteiger partial charge is 0.349 e. The van der Waals surface area contributed by atoms with Crippen molar-refractivity contribution in [3.63, 3.8) is 0 Å². The number of carbonyl (C=O) groups is 1. The molecule has 2 amide bonds. The molecule has 4 rings (SSSR count). The first-order valence-corrected chi connectivity index (χ1v) is 11.5. The molecule has 0 spiro atoms. The van der Waals surface area contributed by atoms with E-state index in [1.165, 1.54) is 25.6 Å². The van der Waals surface area contributed by atoms with Crippen LogP contribution in [0.2, 0.25) is 0 Å². The van der Waals surface area contributed by atoms with E-state index in [1.54, 1.807) is 0 Å². The van der Waals surface area contributed by atoms with E-state index in [4.69, 9.17) is 0 Å². The smallest absolute Gasteiger partial charge is 0.317 e. The van der Waals surface area contributed by atoms with Crippen molar-refractivity contribution in [2.75, 3.05) is 26.7 Å². The highest BCUT2D eigenvalue weighted by atomic mass is 127. The Labute approximate surface area is 182 Å². The number of nitrogens with zero attached hydrogens (tertiary/aromatic N) is 2. The van der Waals surface area contributed by atoms with E-state index >= 15 is 0 Å². The highest BCUT2D eigenvalue weighted by Crippen LogP contribution is 2.45. The van der Waals surface area contributed by atoms with Crippen LogP contribution in [0.25, 0.3) is 10.9 Å². The number of likely N-dealkylation sites (tertiary alicyclic amines) is 1. The van der Waals surface area contributed by atoms with Gasteiger partial charge in [0.05, 0.1) is 4.60 Å². The number of H-pyrrole nitrogens is 1. The predicted octanol–water partition coefficient (Wildman–Crippen LogP) is 4.30. The van der Waals surface area contributed by atoms with Gasteiger partial charge in [-0.3, -0.25) is 0 Å². The van der Waals surface area contributed by atoms with E-state index in [9.17, 15) is 4.79 Å². The Bertz CT molecular complexity index is 878. The summed E-state index contributed by atoms with van der Waals surface area (Å²) in [6.45, 7) is 6.45. The average molecular weight is 545 g/mol. The van der Waals surface area contributed by atoms with Crippen LogP contribution in [0, 0.1) is 3.57 Å². The van der Waals surface area contributed by atoms with Gasteiger partial charge < -0.3 is 20.1 Å². The molecule has 1 aromatic heterocycles. The zero-order valence-corrected chi connectivity index (χ0v) is 19.7. The molecule has 2 aliphatic rings. The monoisotopic (exact) mass is 544 g/mol. The molecule has 1 aromatic carbocycles. The number of nitrogens with one attached hydrogen (secondary N) is 2. The lowest BCUT2D eigenvalue weighted by molar-refractivity contribution is 0.124. The molecule has 7 heteroatoms. The highest BCUT2D eigenvalue weighted by molar-refractivity contribution is 14.1. The summed E-state index contributed by atoms with van der Waals surface area (Å²) in [5.74, 6) is 0.443. The number of aromatic nitrogens is 1. The van der Waals surface area contributed by atoms with Gasteiger partial charge in [-0.25, -0.2) is 4.79 Å². The maximum atomic E-state index is 12.6. The number of likely N-dealkylation sites (N-methyl/N-ethyl adjacent to an activating group) is 1. The number of aromatic amines is 1. The minimum Gasteiger partial charge on any atom is -0.349 e. The molecule has 1 aliphatic heterocycles. The number of hydrogen-bond acceptors (Lipinski definition) is 2. The number of amides is 2. The number of rotatable bonds is 3. The molecular formula is C20H26BrIN4O. The van der Waals surface area contributed by atoms with Crippen molar-refractivity contribution in [1.82, 2.24) is 20.1 Å². The lowest BCUT2D eigenvalue weighted by atomic mass is 9.74. The van der Waals surface area contributed by atoms with Crippen LogP contribution in [0.15, 0.2) is 16.7 Å². The summed E-state index contributed by atoms with van der Waals surface area (Å²) < 4.78 is 2.37. The minimum absolute atomic E-state index is 0.0607. The van der Waals surface area contributed by atoms with Gasteiger partial charge in [-0.05, 0) is 95.5 Å². The van der Waals surface area contributed by atoms with Crippen molar-refractivity contribution in [3.05, 3.63) is 31.4 Å². The van der Waals surface area contributed by atoms with Crippen LogP contribution in [0.1, 0.15) is 37.3 Å².